The Morgan fingerprint density at radius 2 is 2.00 bits per heavy atom. The highest BCUT2D eigenvalue weighted by Gasteiger charge is 2.20. The Labute approximate surface area is 181 Å². The maximum atomic E-state index is 13.8. The summed E-state index contributed by atoms with van der Waals surface area (Å²) in [6, 6.07) is 12.4. The molecule has 0 fully saturated rings. The molecular formula is C20H25FIN3O3. The highest BCUT2D eigenvalue weighted by atomic mass is 127. The number of ether oxygens (including phenoxy) is 3. The summed E-state index contributed by atoms with van der Waals surface area (Å²) in [4.78, 5) is 4.50. The van der Waals surface area contributed by atoms with Crippen molar-refractivity contribution < 1.29 is 18.6 Å². The lowest BCUT2D eigenvalue weighted by atomic mass is 10.2. The van der Waals surface area contributed by atoms with Crippen molar-refractivity contribution >= 4 is 29.9 Å². The molecule has 1 aliphatic rings. The molecule has 0 bridgehead atoms. The minimum atomic E-state index is -0.394. The lowest BCUT2D eigenvalue weighted by molar-refractivity contribution is 0.0936. The van der Waals surface area contributed by atoms with Crippen molar-refractivity contribution in [1.82, 2.24) is 10.6 Å². The lowest BCUT2D eigenvalue weighted by Crippen LogP contribution is -2.45. The van der Waals surface area contributed by atoms with Crippen molar-refractivity contribution in [2.45, 2.75) is 19.6 Å². The number of rotatable bonds is 6. The molecule has 8 heteroatoms. The van der Waals surface area contributed by atoms with Crippen molar-refractivity contribution in [3.63, 3.8) is 0 Å². The molecule has 1 unspecified atom stereocenters. The number of nitrogens with zero attached hydrogens (tertiary/aromatic N) is 1. The van der Waals surface area contributed by atoms with Gasteiger partial charge in [0.2, 0.25) is 0 Å². The molecule has 1 aliphatic heterocycles. The molecule has 0 saturated heterocycles. The Hall–Kier alpha value is -2.23. The fourth-order valence-electron chi connectivity index (χ4n) is 2.69. The molecule has 0 amide bonds. The number of hydrogen-bond acceptors (Lipinski definition) is 4. The molecule has 0 radical (unpaired) electrons. The first kappa shape index (κ1) is 22.1. The average Bonchev–Trinajstić information content (AvgIpc) is 2.70. The number of nitrogens with one attached hydrogen (secondary N) is 2. The average molecular weight is 501 g/mol. The predicted octanol–water partition coefficient (Wildman–Crippen LogP) is 3.35. The van der Waals surface area contributed by atoms with Crippen molar-refractivity contribution in [2.24, 2.45) is 4.99 Å². The third-order valence-corrected chi connectivity index (χ3v) is 4.04. The Balaban J connectivity index is 0.00000280. The van der Waals surface area contributed by atoms with E-state index >= 15 is 0 Å². The Bertz CT molecular complexity index is 804. The number of benzene rings is 2. The number of guanidine groups is 1. The Morgan fingerprint density at radius 3 is 2.71 bits per heavy atom. The predicted molar refractivity (Wildman–Crippen MR) is 118 cm³/mol. The standard InChI is InChI=1S/C20H24FN3O3.HI/c1-3-22-20(23-11-14-8-9-17(25-2)16(21)10-14)24-12-15-13-26-18-6-4-5-7-19(18)27-15;/h4-10,15H,3,11-13H2,1-2H3,(H2,22,23,24);1H. The van der Waals surface area contributed by atoms with Crippen LogP contribution in [0.3, 0.4) is 0 Å². The van der Waals surface area contributed by atoms with Crippen molar-refractivity contribution in [3.8, 4) is 17.2 Å². The second-order valence-electron chi connectivity index (χ2n) is 6.04. The zero-order valence-corrected chi connectivity index (χ0v) is 18.2. The van der Waals surface area contributed by atoms with Gasteiger partial charge in [-0.2, -0.15) is 0 Å². The summed E-state index contributed by atoms with van der Waals surface area (Å²) < 4.78 is 30.4. The number of aliphatic imine (C=N–C) groups is 1. The molecule has 0 spiro atoms. The van der Waals surface area contributed by atoms with Crippen LogP contribution in [0.1, 0.15) is 12.5 Å². The first-order chi connectivity index (χ1) is 13.2. The first-order valence-electron chi connectivity index (χ1n) is 8.92. The van der Waals surface area contributed by atoms with Gasteiger partial charge in [-0.05, 0) is 36.8 Å². The molecular weight excluding hydrogens is 476 g/mol. The maximum Gasteiger partial charge on any atom is 0.191 e. The smallest absolute Gasteiger partial charge is 0.191 e. The quantitative estimate of drug-likeness (QED) is 0.361. The van der Waals surface area contributed by atoms with Crippen LogP contribution >= 0.6 is 24.0 Å². The van der Waals surface area contributed by atoms with E-state index in [-0.39, 0.29) is 35.8 Å². The number of para-hydroxylation sites is 2. The molecule has 1 heterocycles. The van der Waals surface area contributed by atoms with E-state index in [1.54, 1.807) is 12.1 Å². The van der Waals surface area contributed by atoms with Crippen LogP contribution in [0.5, 0.6) is 17.2 Å². The molecule has 2 aromatic rings. The van der Waals surface area contributed by atoms with E-state index in [2.05, 4.69) is 15.6 Å². The van der Waals surface area contributed by atoms with Gasteiger partial charge in [0.1, 0.15) is 12.7 Å². The van der Waals surface area contributed by atoms with Gasteiger partial charge in [-0.25, -0.2) is 9.38 Å². The van der Waals surface area contributed by atoms with Crippen LogP contribution in [-0.2, 0) is 6.54 Å². The second-order valence-corrected chi connectivity index (χ2v) is 6.04. The molecule has 152 valence electrons. The molecule has 3 rings (SSSR count). The van der Waals surface area contributed by atoms with Crippen LogP contribution in [0.4, 0.5) is 4.39 Å². The number of hydrogen-bond donors (Lipinski definition) is 2. The summed E-state index contributed by atoms with van der Waals surface area (Å²) in [5.41, 5.74) is 0.761. The van der Waals surface area contributed by atoms with Crippen LogP contribution in [-0.4, -0.2) is 38.9 Å². The second kappa shape index (κ2) is 10.9. The van der Waals surface area contributed by atoms with E-state index < -0.39 is 5.82 Å². The third kappa shape index (κ3) is 5.88. The van der Waals surface area contributed by atoms with E-state index in [9.17, 15) is 4.39 Å². The summed E-state index contributed by atoms with van der Waals surface area (Å²) in [7, 11) is 1.44. The fraction of sp³-hybridized carbons (Fsp3) is 0.350. The van der Waals surface area contributed by atoms with Crippen molar-refractivity contribution in [1.29, 1.82) is 0 Å². The van der Waals surface area contributed by atoms with Gasteiger partial charge in [0, 0.05) is 6.54 Å². The number of fused-ring (bicyclic) bond motifs is 1. The van der Waals surface area contributed by atoms with Gasteiger partial charge in [0.25, 0.3) is 0 Å². The summed E-state index contributed by atoms with van der Waals surface area (Å²) in [6.07, 6.45) is -0.123. The largest absolute Gasteiger partial charge is 0.494 e. The first-order valence-corrected chi connectivity index (χ1v) is 8.92. The van der Waals surface area contributed by atoms with Gasteiger partial charge in [0.15, 0.2) is 29.0 Å². The molecule has 2 aromatic carbocycles. The van der Waals surface area contributed by atoms with Crippen LogP contribution < -0.4 is 24.8 Å². The Morgan fingerprint density at radius 1 is 1.21 bits per heavy atom. The van der Waals surface area contributed by atoms with E-state index in [1.165, 1.54) is 13.2 Å². The lowest BCUT2D eigenvalue weighted by Gasteiger charge is -2.27. The summed E-state index contributed by atoms with van der Waals surface area (Å²) in [6.45, 7) is 4.06. The molecule has 6 nitrogen and oxygen atoms in total. The molecule has 1 atom stereocenters. The molecule has 0 saturated carbocycles. The van der Waals surface area contributed by atoms with Gasteiger partial charge in [-0.1, -0.05) is 18.2 Å². The number of methoxy groups -OCH3 is 1. The molecule has 28 heavy (non-hydrogen) atoms. The van der Waals surface area contributed by atoms with Crippen molar-refractivity contribution in [2.75, 3.05) is 26.8 Å². The molecule has 2 N–H and O–H groups in total. The zero-order chi connectivity index (χ0) is 19.1. The summed E-state index contributed by atoms with van der Waals surface area (Å²) in [5.74, 6) is 1.97. The van der Waals surface area contributed by atoms with Crippen LogP contribution in [0, 0.1) is 5.82 Å². The topological polar surface area (TPSA) is 64.1 Å². The van der Waals surface area contributed by atoms with E-state index in [1.807, 2.05) is 31.2 Å². The van der Waals surface area contributed by atoms with Gasteiger partial charge in [-0.15, -0.1) is 24.0 Å². The van der Waals surface area contributed by atoms with Gasteiger partial charge < -0.3 is 24.8 Å². The van der Waals surface area contributed by atoms with Gasteiger partial charge >= 0.3 is 0 Å². The van der Waals surface area contributed by atoms with Crippen LogP contribution in [0.25, 0.3) is 0 Å². The SMILES string of the molecule is CCNC(=NCc1ccc(OC)c(F)c1)NCC1COc2ccccc2O1.I. The maximum absolute atomic E-state index is 13.8. The third-order valence-electron chi connectivity index (χ3n) is 4.04. The van der Waals surface area contributed by atoms with Gasteiger partial charge in [-0.3, -0.25) is 0 Å². The molecule has 0 aromatic heterocycles. The summed E-state index contributed by atoms with van der Waals surface area (Å²) in [5, 5.41) is 6.42. The molecule has 0 aliphatic carbocycles. The minimum Gasteiger partial charge on any atom is -0.494 e. The zero-order valence-electron chi connectivity index (χ0n) is 15.9. The summed E-state index contributed by atoms with van der Waals surface area (Å²) >= 11 is 0. The highest BCUT2D eigenvalue weighted by Crippen LogP contribution is 2.30. The van der Waals surface area contributed by atoms with E-state index in [0.717, 1.165) is 17.1 Å². The highest BCUT2D eigenvalue weighted by molar-refractivity contribution is 14.0. The van der Waals surface area contributed by atoms with E-state index in [4.69, 9.17) is 14.2 Å². The number of halogens is 2. The van der Waals surface area contributed by atoms with Crippen LogP contribution in [0.2, 0.25) is 0 Å². The fourth-order valence-corrected chi connectivity index (χ4v) is 2.69. The van der Waals surface area contributed by atoms with Crippen LogP contribution in [0.15, 0.2) is 47.5 Å². The Kier molecular flexibility index (Phi) is 8.62. The normalized spacial score (nSPS) is 15.4. The van der Waals surface area contributed by atoms with Crippen molar-refractivity contribution in [3.05, 3.63) is 53.8 Å². The van der Waals surface area contributed by atoms with E-state index in [0.29, 0.717) is 32.2 Å². The van der Waals surface area contributed by atoms with Gasteiger partial charge in [0.05, 0.1) is 20.2 Å². The monoisotopic (exact) mass is 501 g/mol. The minimum absolute atomic E-state index is 0.